The zero-order valence-electron chi connectivity index (χ0n) is 14.3. The SMILES string of the molecule is CCCCCCCCCC(CCS)CCCCCCC. The minimum Gasteiger partial charge on any atom is -0.179 e. The predicted molar refractivity (Wildman–Crippen MR) is 97.9 cm³/mol. The first-order chi connectivity index (χ1) is 9.85. The largest absolute Gasteiger partial charge is 0.179 e. The van der Waals surface area contributed by atoms with E-state index in [0.717, 1.165) is 11.7 Å². The molecule has 0 nitrogen and oxygen atoms in total. The zero-order chi connectivity index (χ0) is 14.9. The molecule has 0 saturated heterocycles. The Hall–Kier alpha value is 0.350. The molecule has 0 aliphatic heterocycles. The summed E-state index contributed by atoms with van der Waals surface area (Å²) in [4.78, 5) is 0. The lowest BCUT2D eigenvalue weighted by atomic mass is 9.92. The predicted octanol–water partition coefficient (Wildman–Crippen LogP) is 7.42. The summed E-state index contributed by atoms with van der Waals surface area (Å²) in [6.07, 6.45) is 21.5. The molecule has 0 heterocycles. The van der Waals surface area contributed by atoms with Crippen molar-refractivity contribution in [1.29, 1.82) is 0 Å². The van der Waals surface area contributed by atoms with Crippen molar-refractivity contribution in [2.45, 2.75) is 110 Å². The lowest BCUT2D eigenvalue weighted by Gasteiger charge is -2.15. The van der Waals surface area contributed by atoms with E-state index in [9.17, 15) is 0 Å². The molecule has 20 heavy (non-hydrogen) atoms. The number of thiol groups is 1. The fourth-order valence-electron chi connectivity index (χ4n) is 3.04. The van der Waals surface area contributed by atoms with Crippen LogP contribution in [0.3, 0.4) is 0 Å². The first kappa shape index (κ1) is 20.3. The van der Waals surface area contributed by atoms with Gasteiger partial charge in [0.1, 0.15) is 0 Å². The molecular weight excluding hydrogens is 260 g/mol. The van der Waals surface area contributed by atoms with E-state index in [1.165, 1.54) is 96.3 Å². The molecule has 1 heteroatoms. The standard InChI is InChI=1S/C19H40S/c1-3-5-7-9-10-12-14-16-19(17-18-20)15-13-11-8-6-4-2/h19-20H,3-18H2,1-2H3. The minimum atomic E-state index is 0.963. The third-order valence-electron chi connectivity index (χ3n) is 4.47. The van der Waals surface area contributed by atoms with Crippen LogP contribution < -0.4 is 0 Å². The highest BCUT2D eigenvalue weighted by Crippen LogP contribution is 2.22. The van der Waals surface area contributed by atoms with Crippen LogP contribution in [0.4, 0.5) is 0 Å². The lowest BCUT2D eigenvalue weighted by molar-refractivity contribution is 0.395. The Morgan fingerprint density at radius 3 is 1.35 bits per heavy atom. The van der Waals surface area contributed by atoms with Crippen LogP contribution in [-0.2, 0) is 0 Å². The molecule has 122 valence electrons. The summed E-state index contributed by atoms with van der Waals surface area (Å²) in [5.74, 6) is 2.04. The van der Waals surface area contributed by atoms with Crippen molar-refractivity contribution >= 4 is 12.6 Å². The summed E-state index contributed by atoms with van der Waals surface area (Å²) in [6, 6.07) is 0. The Morgan fingerprint density at radius 1 is 0.550 bits per heavy atom. The summed E-state index contributed by atoms with van der Waals surface area (Å²) in [5, 5.41) is 0. The van der Waals surface area contributed by atoms with Gasteiger partial charge in [0.2, 0.25) is 0 Å². The molecule has 0 rings (SSSR count). The van der Waals surface area contributed by atoms with Gasteiger partial charge < -0.3 is 0 Å². The summed E-state index contributed by atoms with van der Waals surface area (Å²) in [7, 11) is 0. The Labute approximate surface area is 134 Å². The molecule has 0 aromatic carbocycles. The molecule has 0 aliphatic rings. The van der Waals surface area contributed by atoms with Gasteiger partial charge in [-0.15, -0.1) is 0 Å². The molecule has 0 aliphatic carbocycles. The van der Waals surface area contributed by atoms with E-state index < -0.39 is 0 Å². The molecular formula is C19H40S. The first-order valence-electron chi connectivity index (χ1n) is 9.46. The van der Waals surface area contributed by atoms with Crippen LogP contribution in [0.5, 0.6) is 0 Å². The zero-order valence-corrected chi connectivity index (χ0v) is 15.2. The van der Waals surface area contributed by atoms with Gasteiger partial charge in [0.25, 0.3) is 0 Å². The van der Waals surface area contributed by atoms with Gasteiger partial charge in [-0.1, -0.05) is 104 Å². The molecule has 0 fully saturated rings. The first-order valence-corrected chi connectivity index (χ1v) is 10.1. The van der Waals surface area contributed by atoms with Crippen molar-refractivity contribution in [2.75, 3.05) is 5.75 Å². The molecule has 0 N–H and O–H groups in total. The van der Waals surface area contributed by atoms with Crippen LogP contribution in [0.25, 0.3) is 0 Å². The van der Waals surface area contributed by atoms with Crippen LogP contribution in [0.2, 0.25) is 0 Å². The summed E-state index contributed by atoms with van der Waals surface area (Å²) < 4.78 is 0. The van der Waals surface area contributed by atoms with E-state index in [1.54, 1.807) is 0 Å². The van der Waals surface area contributed by atoms with Crippen molar-refractivity contribution in [3.05, 3.63) is 0 Å². The highest BCUT2D eigenvalue weighted by atomic mass is 32.1. The van der Waals surface area contributed by atoms with Crippen LogP contribution in [0.1, 0.15) is 110 Å². The van der Waals surface area contributed by atoms with Gasteiger partial charge in [-0.05, 0) is 18.1 Å². The van der Waals surface area contributed by atoms with Gasteiger partial charge >= 0.3 is 0 Å². The van der Waals surface area contributed by atoms with Gasteiger partial charge in [-0.3, -0.25) is 0 Å². The molecule has 0 spiro atoms. The third kappa shape index (κ3) is 14.8. The average molecular weight is 301 g/mol. The quantitative estimate of drug-likeness (QED) is 0.222. The number of hydrogen-bond donors (Lipinski definition) is 1. The fourth-order valence-corrected chi connectivity index (χ4v) is 3.41. The van der Waals surface area contributed by atoms with Crippen molar-refractivity contribution in [3.63, 3.8) is 0 Å². The third-order valence-corrected chi connectivity index (χ3v) is 4.73. The van der Waals surface area contributed by atoms with Crippen LogP contribution in [0.15, 0.2) is 0 Å². The number of unbranched alkanes of at least 4 members (excludes halogenated alkanes) is 10. The van der Waals surface area contributed by atoms with E-state index in [-0.39, 0.29) is 0 Å². The Kier molecular flexibility index (Phi) is 17.7. The van der Waals surface area contributed by atoms with Gasteiger partial charge in [-0.25, -0.2) is 0 Å². The lowest BCUT2D eigenvalue weighted by Crippen LogP contribution is -2.02. The highest BCUT2D eigenvalue weighted by molar-refractivity contribution is 7.80. The Balaban J connectivity index is 3.44. The van der Waals surface area contributed by atoms with E-state index in [1.807, 2.05) is 0 Å². The van der Waals surface area contributed by atoms with Gasteiger partial charge in [0, 0.05) is 0 Å². The van der Waals surface area contributed by atoms with Crippen LogP contribution in [-0.4, -0.2) is 5.75 Å². The second-order valence-electron chi connectivity index (χ2n) is 6.49. The fraction of sp³-hybridized carbons (Fsp3) is 1.00. The second kappa shape index (κ2) is 17.4. The highest BCUT2D eigenvalue weighted by Gasteiger charge is 2.07. The van der Waals surface area contributed by atoms with Crippen molar-refractivity contribution in [1.82, 2.24) is 0 Å². The van der Waals surface area contributed by atoms with Gasteiger partial charge in [-0.2, -0.15) is 12.6 Å². The molecule has 1 unspecified atom stereocenters. The maximum absolute atomic E-state index is 4.44. The molecule has 0 amide bonds. The van der Waals surface area contributed by atoms with E-state index in [2.05, 4.69) is 26.5 Å². The second-order valence-corrected chi connectivity index (χ2v) is 6.94. The average Bonchev–Trinajstić information content (AvgIpc) is 2.46. The summed E-state index contributed by atoms with van der Waals surface area (Å²) >= 11 is 4.44. The topological polar surface area (TPSA) is 0 Å². The Morgan fingerprint density at radius 2 is 0.950 bits per heavy atom. The smallest absolute Gasteiger partial charge is 0.00953 e. The molecule has 0 bridgehead atoms. The monoisotopic (exact) mass is 300 g/mol. The minimum absolute atomic E-state index is 0.963. The number of rotatable bonds is 16. The molecule has 1 atom stereocenters. The maximum atomic E-state index is 4.44. The maximum Gasteiger partial charge on any atom is -0.00953 e. The summed E-state index contributed by atoms with van der Waals surface area (Å²) in [6.45, 7) is 4.59. The van der Waals surface area contributed by atoms with Crippen LogP contribution >= 0.6 is 12.6 Å². The normalized spacial score (nSPS) is 12.8. The summed E-state index contributed by atoms with van der Waals surface area (Å²) in [5.41, 5.74) is 0. The van der Waals surface area contributed by atoms with E-state index >= 15 is 0 Å². The molecule has 0 aromatic rings. The van der Waals surface area contributed by atoms with E-state index in [0.29, 0.717) is 0 Å². The van der Waals surface area contributed by atoms with Crippen molar-refractivity contribution < 1.29 is 0 Å². The van der Waals surface area contributed by atoms with Crippen molar-refractivity contribution in [2.24, 2.45) is 5.92 Å². The molecule has 0 radical (unpaired) electrons. The molecule has 0 saturated carbocycles. The van der Waals surface area contributed by atoms with E-state index in [4.69, 9.17) is 0 Å². The molecule has 0 aromatic heterocycles. The van der Waals surface area contributed by atoms with Crippen molar-refractivity contribution in [3.8, 4) is 0 Å². The van der Waals surface area contributed by atoms with Gasteiger partial charge in [0.05, 0.1) is 0 Å². The Bertz CT molecular complexity index is 167. The van der Waals surface area contributed by atoms with Crippen LogP contribution in [0, 0.1) is 5.92 Å². The van der Waals surface area contributed by atoms with Gasteiger partial charge in [0.15, 0.2) is 0 Å². The number of hydrogen-bond acceptors (Lipinski definition) is 1.